The molecular formula is C28H40O4. The van der Waals surface area contributed by atoms with E-state index in [1.54, 1.807) is 0 Å². The summed E-state index contributed by atoms with van der Waals surface area (Å²) >= 11 is 0. The van der Waals surface area contributed by atoms with Crippen LogP contribution in [-0.2, 0) is 11.2 Å². The maximum absolute atomic E-state index is 11.9. The van der Waals surface area contributed by atoms with E-state index in [1.807, 2.05) is 46.8 Å². The van der Waals surface area contributed by atoms with E-state index in [4.69, 9.17) is 9.47 Å². The Bertz CT molecular complexity index is 910. The summed E-state index contributed by atoms with van der Waals surface area (Å²) in [7, 11) is 1.41. The Balaban J connectivity index is 2.06. The molecular weight excluding hydrogens is 400 g/mol. The van der Waals surface area contributed by atoms with E-state index >= 15 is 0 Å². The number of benzene rings is 2. The molecule has 0 bridgehead atoms. The Labute approximate surface area is 194 Å². The summed E-state index contributed by atoms with van der Waals surface area (Å²) in [6.07, 6.45) is 2.23. The molecule has 0 aliphatic carbocycles. The molecule has 0 aromatic heterocycles. The number of methoxy groups -OCH3 is 1. The number of carbonyl (C=O) groups excluding carboxylic acids is 1. The quantitative estimate of drug-likeness (QED) is 0.459. The van der Waals surface area contributed by atoms with Crippen molar-refractivity contribution in [1.29, 1.82) is 0 Å². The first-order valence-corrected chi connectivity index (χ1v) is 11.6. The topological polar surface area (TPSA) is 55.8 Å². The summed E-state index contributed by atoms with van der Waals surface area (Å²) in [5.41, 5.74) is 4.98. The van der Waals surface area contributed by atoms with Gasteiger partial charge >= 0.3 is 5.97 Å². The molecule has 0 fully saturated rings. The van der Waals surface area contributed by atoms with Gasteiger partial charge in [-0.05, 0) is 85.8 Å². The van der Waals surface area contributed by atoms with Crippen molar-refractivity contribution in [3.05, 3.63) is 64.2 Å². The number of rotatable bonds is 9. The van der Waals surface area contributed by atoms with Gasteiger partial charge in [0.2, 0.25) is 0 Å². The van der Waals surface area contributed by atoms with Gasteiger partial charge in [0.25, 0.3) is 0 Å². The van der Waals surface area contributed by atoms with Crippen LogP contribution in [0.15, 0.2) is 36.4 Å². The monoisotopic (exact) mass is 440 g/mol. The van der Waals surface area contributed by atoms with Gasteiger partial charge in [-0.15, -0.1) is 0 Å². The molecule has 32 heavy (non-hydrogen) atoms. The molecule has 0 aliphatic heterocycles. The predicted octanol–water partition coefficient (Wildman–Crippen LogP) is 6.39. The summed E-state index contributed by atoms with van der Waals surface area (Å²) in [6, 6.07) is 12.4. The molecule has 2 rings (SSSR count). The highest BCUT2D eigenvalue weighted by atomic mass is 16.5. The molecule has 4 heteroatoms. The highest BCUT2D eigenvalue weighted by Crippen LogP contribution is 2.30. The molecule has 2 aromatic rings. The van der Waals surface area contributed by atoms with E-state index in [9.17, 15) is 9.90 Å². The van der Waals surface area contributed by atoms with E-state index in [0.29, 0.717) is 11.5 Å². The van der Waals surface area contributed by atoms with Gasteiger partial charge in [-0.1, -0.05) is 52.0 Å². The summed E-state index contributed by atoms with van der Waals surface area (Å²) < 4.78 is 10.9. The highest BCUT2D eigenvalue weighted by molar-refractivity contribution is 5.91. The molecule has 2 aromatic carbocycles. The lowest BCUT2D eigenvalue weighted by Gasteiger charge is -2.31. The Morgan fingerprint density at radius 2 is 1.75 bits per heavy atom. The lowest BCUT2D eigenvalue weighted by molar-refractivity contribution is -0.0234. The normalized spacial score (nSPS) is 14.5. The number of aliphatic hydroxyl groups excluding tert-OH is 1. The van der Waals surface area contributed by atoms with Gasteiger partial charge in [-0.2, -0.15) is 0 Å². The molecule has 3 unspecified atom stereocenters. The van der Waals surface area contributed by atoms with Crippen molar-refractivity contribution < 1.29 is 19.4 Å². The van der Waals surface area contributed by atoms with Crippen molar-refractivity contribution in [2.45, 2.75) is 85.9 Å². The van der Waals surface area contributed by atoms with Crippen LogP contribution in [0.25, 0.3) is 0 Å². The average Bonchev–Trinajstić information content (AvgIpc) is 2.74. The van der Waals surface area contributed by atoms with Crippen LogP contribution < -0.4 is 4.74 Å². The molecule has 0 radical (unpaired) electrons. The van der Waals surface area contributed by atoms with Crippen molar-refractivity contribution in [3.8, 4) is 5.75 Å². The number of esters is 1. The molecule has 0 amide bonds. The van der Waals surface area contributed by atoms with Crippen molar-refractivity contribution in [1.82, 2.24) is 0 Å². The van der Waals surface area contributed by atoms with Crippen molar-refractivity contribution in [2.75, 3.05) is 7.11 Å². The van der Waals surface area contributed by atoms with Gasteiger partial charge in [0.15, 0.2) is 0 Å². The van der Waals surface area contributed by atoms with E-state index < -0.39 is 6.10 Å². The number of ether oxygens (including phenoxy) is 2. The summed E-state index contributed by atoms with van der Waals surface area (Å²) in [4.78, 5) is 11.9. The Hall–Kier alpha value is -2.33. The highest BCUT2D eigenvalue weighted by Gasteiger charge is 2.29. The Kier molecular flexibility index (Phi) is 8.91. The number of aliphatic hydroxyl groups is 1. The van der Waals surface area contributed by atoms with Crippen LogP contribution in [0.4, 0.5) is 0 Å². The van der Waals surface area contributed by atoms with Gasteiger partial charge in [0.1, 0.15) is 11.9 Å². The number of aryl methyl sites for hydroxylation is 3. The molecule has 176 valence electrons. The van der Waals surface area contributed by atoms with Crippen LogP contribution in [0, 0.1) is 19.3 Å². The minimum Gasteiger partial charge on any atom is -0.488 e. The van der Waals surface area contributed by atoms with Crippen LogP contribution in [-0.4, -0.2) is 30.4 Å². The summed E-state index contributed by atoms with van der Waals surface area (Å²) in [6.45, 7) is 14.2. The smallest absolute Gasteiger partial charge is 0.338 e. The van der Waals surface area contributed by atoms with E-state index in [1.165, 1.54) is 18.2 Å². The molecule has 0 heterocycles. The van der Waals surface area contributed by atoms with Crippen LogP contribution in [0.5, 0.6) is 5.75 Å². The second kappa shape index (κ2) is 11.0. The zero-order valence-corrected chi connectivity index (χ0v) is 21.0. The first-order valence-electron chi connectivity index (χ1n) is 11.6. The molecule has 0 aliphatic rings. The summed E-state index contributed by atoms with van der Waals surface area (Å²) in [5.74, 6) is 0.966. The third kappa shape index (κ3) is 6.59. The average molecular weight is 441 g/mol. The lowest BCUT2D eigenvalue weighted by atomic mass is 9.86. The van der Waals surface area contributed by atoms with Gasteiger partial charge < -0.3 is 14.6 Å². The van der Waals surface area contributed by atoms with Crippen LogP contribution >= 0.6 is 0 Å². The molecule has 0 spiro atoms. The van der Waals surface area contributed by atoms with E-state index in [2.05, 4.69) is 38.1 Å². The van der Waals surface area contributed by atoms with Crippen molar-refractivity contribution in [3.63, 3.8) is 0 Å². The lowest BCUT2D eigenvalue weighted by Crippen LogP contribution is -2.39. The fourth-order valence-electron chi connectivity index (χ4n) is 4.20. The van der Waals surface area contributed by atoms with Gasteiger partial charge in [0, 0.05) is 0 Å². The van der Waals surface area contributed by atoms with Gasteiger partial charge in [-0.3, -0.25) is 0 Å². The summed E-state index contributed by atoms with van der Waals surface area (Å²) in [5, 5.41) is 10.5. The zero-order valence-electron chi connectivity index (χ0n) is 21.0. The first-order chi connectivity index (χ1) is 15.0. The van der Waals surface area contributed by atoms with Crippen LogP contribution in [0.2, 0.25) is 0 Å². The maximum Gasteiger partial charge on any atom is 0.338 e. The van der Waals surface area contributed by atoms with Crippen LogP contribution in [0.3, 0.4) is 0 Å². The van der Waals surface area contributed by atoms with Gasteiger partial charge in [-0.25, -0.2) is 4.79 Å². The van der Waals surface area contributed by atoms with Crippen molar-refractivity contribution in [2.24, 2.45) is 5.41 Å². The second-order valence-corrected chi connectivity index (χ2v) is 9.94. The fraction of sp³-hybridized carbons (Fsp3) is 0.536. The Morgan fingerprint density at radius 3 is 2.28 bits per heavy atom. The van der Waals surface area contributed by atoms with E-state index in [0.717, 1.165) is 36.1 Å². The molecule has 4 nitrogen and oxygen atoms in total. The SMILES string of the molecule is CCC(CCc1ccc(OC(C)C(O)C(C)(C)C)c(C)c1)c1ccc(C(=O)OC)c(C)c1. The second-order valence-electron chi connectivity index (χ2n) is 9.94. The van der Waals surface area contributed by atoms with Gasteiger partial charge in [0.05, 0.1) is 18.8 Å². The number of carbonyl (C=O) groups is 1. The van der Waals surface area contributed by atoms with E-state index in [-0.39, 0.29) is 17.5 Å². The molecule has 0 saturated heterocycles. The minimum atomic E-state index is -0.541. The molecule has 0 saturated carbocycles. The van der Waals surface area contributed by atoms with Crippen molar-refractivity contribution >= 4 is 5.97 Å². The third-order valence-electron chi connectivity index (χ3n) is 6.29. The number of hydrogen-bond acceptors (Lipinski definition) is 4. The Morgan fingerprint density at radius 1 is 1.06 bits per heavy atom. The molecule has 1 N–H and O–H groups in total. The minimum absolute atomic E-state index is 0.226. The first kappa shape index (κ1) is 25.9. The third-order valence-corrected chi connectivity index (χ3v) is 6.29. The van der Waals surface area contributed by atoms with Crippen LogP contribution in [0.1, 0.15) is 86.0 Å². The maximum atomic E-state index is 11.9. The largest absolute Gasteiger partial charge is 0.488 e. The fourth-order valence-corrected chi connectivity index (χ4v) is 4.20. The molecule has 3 atom stereocenters. The standard InChI is InChI=1S/C28H40O4/c1-9-22(23-13-14-24(18(2)17-23)27(30)31-8)12-10-21-11-15-25(19(3)16-21)32-20(4)26(29)28(5,6)7/h11,13-17,20,22,26,29H,9-10,12H2,1-8H3. The zero-order chi connectivity index (χ0) is 24.1. The number of hydrogen-bond donors (Lipinski definition) is 1. The predicted molar refractivity (Wildman–Crippen MR) is 131 cm³/mol.